The monoisotopic (exact) mass is 303 g/mol. The van der Waals surface area contributed by atoms with E-state index in [1.807, 2.05) is 11.8 Å². The van der Waals surface area contributed by atoms with Crippen LogP contribution in [0.4, 0.5) is 0 Å². The van der Waals surface area contributed by atoms with Gasteiger partial charge in [0.2, 0.25) is 0 Å². The van der Waals surface area contributed by atoms with E-state index in [0.717, 1.165) is 23.7 Å². The molecular formula is C17H25N3S. The number of hydrogen-bond donors (Lipinski definition) is 1. The van der Waals surface area contributed by atoms with Crippen molar-refractivity contribution in [1.29, 1.82) is 0 Å². The van der Waals surface area contributed by atoms with Crippen molar-refractivity contribution in [2.75, 3.05) is 0 Å². The number of aromatic nitrogens is 2. The molecule has 0 radical (unpaired) electrons. The van der Waals surface area contributed by atoms with Gasteiger partial charge in [0, 0.05) is 23.9 Å². The molecule has 0 spiro atoms. The summed E-state index contributed by atoms with van der Waals surface area (Å²) in [6, 6.07) is 6.44. The Hall–Kier alpha value is -1.00. The number of hydrogen-bond acceptors (Lipinski definition) is 3. The highest BCUT2D eigenvalue weighted by Crippen LogP contribution is 2.35. The van der Waals surface area contributed by atoms with E-state index in [2.05, 4.69) is 35.7 Å². The molecule has 3 rings (SSSR count). The van der Waals surface area contributed by atoms with Gasteiger partial charge >= 0.3 is 0 Å². The lowest BCUT2D eigenvalue weighted by molar-refractivity contribution is 0.515. The maximum Gasteiger partial charge on any atom is 0.138 e. The predicted molar refractivity (Wildman–Crippen MR) is 89.9 cm³/mol. The van der Waals surface area contributed by atoms with Crippen molar-refractivity contribution in [3.63, 3.8) is 0 Å². The van der Waals surface area contributed by atoms with Crippen LogP contribution in [-0.4, -0.2) is 20.7 Å². The van der Waals surface area contributed by atoms with Crippen LogP contribution in [0.3, 0.4) is 0 Å². The smallest absolute Gasteiger partial charge is 0.138 e. The third kappa shape index (κ3) is 3.43. The molecule has 0 saturated heterocycles. The molecule has 1 atom stereocenters. The van der Waals surface area contributed by atoms with Gasteiger partial charge in [-0.25, -0.2) is 4.98 Å². The van der Waals surface area contributed by atoms with Gasteiger partial charge in [0.15, 0.2) is 0 Å². The zero-order valence-corrected chi connectivity index (χ0v) is 13.6. The zero-order valence-electron chi connectivity index (χ0n) is 12.8. The van der Waals surface area contributed by atoms with Gasteiger partial charge < -0.3 is 10.1 Å². The van der Waals surface area contributed by atoms with Crippen LogP contribution in [-0.2, 0) is 6.42 Å². The Balaban J connectivity index is 1.89. The van der Waals surface area contributed by atoms with Gasteiger partial charge in [-0.05, 0) is 31.4 Å². The molecule has 1 saturated carbocycles. The topological polar surface area (TPSA) is 43.3 Å². The molecule has 4 heteroatoms. The van der Waals surface area contributed by atoms with Crippen LogP contribution in [0.15, 0.2) is 29.4 Å². The summed E-state index contributed by atoms with van der Waals surface area (Å²) in [5.74, 6) is 0. The fourth-order valence-corrected chi connectivity index (χ4v) is 4.39. The Morgan fingerprint density at radius 1 is 1.33 bits per heavy atom. The van der Waals surface area contributed by atoms with Crippen LogP contribution in [0.25, 0.3) is 5.65 Å². The first-order chi connectivity index (χ1) is 10.3. The molecule has 114 valence electrons. The quantitative estimate of drug-likeness (QED) is 0.906. The van der Waals surface area contributed by atoms with Crippen molar-refractivity contribution in [2.24, 2.45) is 5.73 Å². The summed E-state index contributed by atoms with van der Waals surface area (Å²) in [7, 11) is 0. The molecule has 2 N–H and O–H groups in total. The molecule has 1 fully saturated rings. The first kappa shape index (κ1) is 14.9. The van der Waals surface area contributed by atoms with Crippen LogP contribution < -0.4 is 5.73 Å². The summed E-state index contributed by atoms with van der Waals surface area (Å²) in [5, 5.41) is 1.94. The van der Waals surface area contributed by atoms with Crippen LogP contribution in [0.1, 0.15) is 51.1 Å². The van der Waals surface area contributed by atoms with Crippen molar-refractivity contribution < 1.29 is 0 Å². The van der Waals surface area contributed by atoms with Crippen LogP contribution in [0.5, 0.6) is 0 Å². The van der Waals surface area contributed by atoms with E-state index in [9.17, 15) is 0 Å². The van der Waals surface area contributed by atoms with Crippen LogP contribution >= 0.6 is 11.8 Å². The zero-order chi connectivity index (χ0) is 14.7. The summed E-state index contributed by atoms with van der Waals surface area (Å²) < 4.78 is 2.22. The van der Waals surface area contributed by atoms with E-state index in [0.29, 0.717) is 0 Å². The number of thioether (sulfide) groups is 1. The number of rotatable bonds is 5. The molecule has 21 heavy (non-hydrogen) atoms. The molecule has 1 unspecified atom stereocenters. The molecule has 2 heterocycles. The van der Waals surface area contributed by atoms with E-state index < -0.39 is 0 Å². The maximum atomic E-state index is 6.21. The molecular weight excluding hydrogens is 278 g/mol. The third-order valence-electron chi connectivity index (χ3n) is 4.40. The van der Waals surface area contributed by atoms with E-state index in [-0.39, 0.29) is 6.04 Å². The molecule has 2 aromatic heterocycles. The average molecular weight is 303 g/mol. The first-order valence-electron chi connectivity index (χ1n) is 8.16. The predicted octanol–water partition coefficient (Wildman–Crippen LogP) is 4.04. The number of pyridine rings is 1. The number of fused-ring (bicyclic) bond motifs is 1. The Morgan fingerprint density at radius 2 is 2.14 bits per heavy atom. The normalized spacial score (nSPS) is 18.2. The Labute approximate surface area is 131 Å². The maximum absolute atomic E-state index is 6.21. The largest absolute Gasteiger partial charge is 0.327 e. The van der Waals surface area contributed by atoms with Crippen molar-refractivity contribution in [2.45, 2.75) is 68.2 Å². The lowest BCUT2D eigenvalue weighted by Crippen LogP contribution is -2.22. The van der Waals surface area contributed by atoms with Crippen LogP contribution in [0.2, 0.25) is 0 Å². The second-order valence-corrected chi connectivity index (χ2v) is 7.33. The number of nitrogens with zero attached hydrogens (tertiary/aromatic N) is 2. The lowest BCUT2D eigenvalue weighted by Gasteiger charge is -2.20. The summed E-state index contributed by atoms with van der Waals surface area (Å²) in [4.78, 5) is 4.86. The van der Waals surface area contributed by atoms with Gasteiger partial charge in [0.1, 0.15) is 10.7 Å². The van der Waals surface area contributed by atoms with Crippen molar-refractivity contribution in [3.05, 3.63) is 30.1 Å². The minimum Gasteiger partial charge on any atom is -0.327 e. The molecule has 1 aliphatic rings. The minimum absolute atomic E-state index is 0.218. The average Bonchev–Trinajstić information content (AvgIpc) is 2.86. The Kier molecular flexibility index (Phi) is 4.86. The molecule has 1 aliphatic carbocycles. The van der Waals surface area contributed by atoms with Gasteiger partial charge in [-0.1, -0.05) is 32.3 Å². The van der Waals surface area contributed by atoms with E-state index in [1.54, 1.807) is 0 Å². The number of imidazole rings is 1. The summed E-state index contributed by atoms with van der Waals surface area (Å²) in [6.07, 6.45) is 10.8. The summed E-state index contributed by atoms with van der Waals surface area (Å²) >= 11 is 1.98. The van der Waals surface area contributed by atoms with Crippen molar-refractivity contribution in [1.82, 2.24) is 9.38 Å². The highest BCUT2D eigenvalue weighted by Gasteiger charge is 2.20. The minimum atomic E-state index is 0.218. The van der Waals surface area contributed by atoms with Crippen LogP contribution in [0, 0.1) is 0 Å². The van der Waals surface area contributed by atoms with Gasteiger partial charge in [-0.2, -0.15) is 0 Å². The number of nitrogens with two attached hydrogens (primary N) is 1. The Bertz CT molecular complexity index is 587. The molecule has 0 aromatic carbocycles. The summed E-state index contributed by atoms with van der Waals surface area (Å²) in [6.45, 7) is 2.15. The SMILES string of the molecule is CCC(N)Cc1c(SC2CCCCC2)nc2ccccn12. The molecule has 3 nitrogen and oxygen atoms in total. The molecule has 2 aromatic rings. The molecule has 0 amide bonds. The van der Waals surface area contributed by atoms with E-state index in [4.69, 9.17) is 10.7 Å². The summed E-state index contributed by atoms with van der Waals surface area (Å²) in [5.41, 5.74) is 8.56. The van der Waals surface area contributed by atoms with Gasteiger partial charge in [0.25, 0.3) is 0 Å². The van der Waals surface area contributed by atoms with E-state index in [1.165, 1.54) is 42.8 Å². The van der Waals surface area contributed by atoms with Crippen molar-refractivity contribution in [3.8, 4) is 0 Å². The highest BCUT2D eigenvalue weighted by atomic mass is 32.2. The first-order valence-corrected chi connectivity index (χ1v) is 9.04. The molecule has 0 aliphatic heterocycles. The fraction of sp³-hybridized carbons (Fsp3) is 0.588. The highest BCUT2D eigenvalue weighted by molar-refractivity contribution is 7.99. The third-order valence-corrected chi connectivity index (χ3v) is 5.76. The van der Waals surface area contributed by atoms with E-state index >= 15 is 0 Å². The van der Waals surface area contributed by atoms with Gasteiger partial charge in [-0.15, -0.1) is 11.8 Å². The second-order valence-electron chi connectivity index (χ2n) is 6.04. The standard InChI is InChI=1S/C17H25N3S/c1-2-13(18)12-15-17(21-14-8-4-3-5-9-14)19-16-10-6-7-11-20(15)16/h6-7,10-11,13-14H,2-5,8-9,12,18H2,1H3. The lowest BCUT2D eigenvalue weighted by atomic mass is 10.0. The van der Waals surface area contributed by atoms with Gasteiger partial charge in [-0.3, -0.25) is 0 Å². The van der Waals surface area contributed by atoms with Gasteiger partial charge in [0.05, 0.1) is 5.69 Å². The van der Waals surface area contributed by atoms with Crippen molar-refractivity contribution >= 4 is 17.4 Å². The fourth-order valence-electron chi connectivity index (χ4n) is 3.04. The second kappa shape index (κ2) is 6.84. The Morgan fingerprint density at radius 3 is 2.90 bits per heavy atom. The molecule has 0 bridgehead atoms.